The minimum Gasteiger partial charge on any atom is -0.490 e. The number of nitro groups is 1. The van der Waals surface area contributed by atoms with E-state index in [4.69, 9.17) is 10.5 Å². The fourth-order valence-corrected chi connectivity index (χ4v) is 1.24. The summed E-state index contributed by atoms with van der Waals surface area (Å²) in [6, 6.07) is 3.08. The Labute approximate surface area is 82.8 Å². The molecular formula is C7H7BrN2O3. The molecule has 70 valence electrons. The first-order valence-corrected chi connectivity index (χ1v) is 4.13. The number of nitrogens with zero attached hydrogens (tertiary/aromatic N) is 1. The molecule has 0 radical (unpaired) electrons. The number of nitrogens with two attached hydrogens (primary N) is 1. The zero-order chi connectivity index (χ0) is 10.0. The molecule has 0 aliphatic carbocycles. The molecule has 0 unspecified atom stereocenters. The molecule has 1 rings (SSSR count). The van der Waals surface area contributed by atoms with Crippen molar-refractivity contribution in [2.45, 2.75) is 0 Å². The number of nitro benzene ring substituents is 1. The maximum atomic E-state index is 10.6. The third-order valence-electron chi connectivity index (χ3n) is 1.53. The van der Waals surface area contributed by atoms with Crippen molar-refractivity contribution in [3.8, 4) is 5.75 Å². The molecule has 1 aromatic rings. The van der Waals surface area contributed by atoms with E-state index in [1.807, 2.05) is 0 Å². The minimum absolute atomic E-state index is 0.0735. The zero-order valence-corrected chi connectivity index (χ0v) is 8.37. The predicted molar refractivity (Wildman–Crippen MR) is 51.8 cm³/mol. The summed E-state index contributed by atoms with van der Waals surface area (Å²) in [5.74, 6) is 0.158. The van der Waals surface area contributed by atoms with Crippen molar-refractivity contribution >= 4 is 27.3 Å². The molecule has 13 heavy (non-hydrogen) atoms. The number of hydrogen-bond acceptors (Lipinski definition) is 4. The van der Waals surface area contributed by atoms with Gasteiger partial charge in [0, 0.05) is 4.47 Å². The summed E-state index contributed by atoms with van der Waals surface area (Å²) in [6.45, 7) is 0. The molecule has 0 bridgehead atoms. The smallest absolute Gasteiger partial charge is 0.334 e. The summed E-state index contributed by atoms with van der Waals surface area (Å²) in [6.07, 6.45) is 0. The van der Waals surface area contributed by atoms with Crippen molar-refractivity contribution < 1.29 is 9.66 Å². The molecule has 0 amide bonds. The van der Waals surface area contributed by atoms with Crippen LogP contribution < -0.4 is 10.5 Å². The van der Waals surface area contributed by atoms with Crippen LogP contribution in [0.4, 0.5) is 11.4 Å². The number of ether oxygens (including phenoxy) is 1. The van der Waals surface area contributed by atoms with Gasteiger partial charge in [-0.15, -0.1) is 0 Å². The second kappa shape index (κ2) is 3.61. The summed E-state index contributed by atoms with van der Waals surface area (Å²) < 4.78 is 5.29. The molecule has 0 aliphatic rings. The number of halogens is 1. The minimum atomic E-state index is -0.571. The molecule has 1 aromatic carbocycles. The summed E-state index contributed by atoms with van der Waals surface area (Å²) >= 11 is 3.09. The van der Waals surface area contributed by atoms with Crippen molar-refractivity contribution in [2.75, 3.05) is 12.8 Å². The standard InChI is InChI=1S/C7H7BrN2O3/c1-13-5-3-2-4(8)6(9)7(5)10(11)12/h2-3H,9H2,1H3. The summed E-state index contributed by atoms with van der Waals surface area (Å²) in [5, 5.41) is 10.6. The van der Waals surface area contributed by atoms with Crippen LogP contribution >= 0.6 is 15.9 Å². The van der Waals surface area contributed by atoms with E-state index in [1.165, 1.54) is 13.2 Å². The van der Waals surface area contributed by atoms with Gasteiger partial charge in [0.25, 0.3) is 0 Å². The number of hydrogen-bond donors (Lipinski definition) is 1. The fourth-order valence-electron chi connectivity index (χ4n) is 0.916. The predicted octanol–water partition coefficient (Wildman–Crippen LogP) is 1.95. The Morgan fingerprint density at radius 2 is 2.23 bits per heavy atom. The highest BCUT2D eigenvalue weighted by molar-refractivity contribution is 9.10. The highest BCUT2D eigenvalue weighted by atomic mass is 79.9. The van der Waals surface area contributed by atoms with Crippen LogP contribution in [0, 0.1) is 10.1 Å². The monoisotopic (exact) mass is 246 g/mol. The maximum absolute atomic E-state index is 10.6. The van der Waals surface area contributed by atoms with Gasteiger partial charge in [-0.25, -0.2) is 0 Å². The number of methoxy groups -OCH3 is 1. The van der Waals surface area contributed by atoms with Gasteiger partial charge in [0.2, 0.25) is 0 Å². The maximum Gasteiger partial charge on any atom is 0.334 e. The van der Waals surface area contributed by atoms with E-state index in [9.17, 15) is 10.1 Å². The lowest BCUT2D eigenvalue weighted by Crippen LogP contribution is -1.99. The first-order chi connectivity index (χ1) is 6.07. The quantitative estimate of drug-likeness (QED) is 0.492. The van der Waals surface area contributed by atoms with Crippen molar-refractivity contribution in [3.05, 3.63) is 26.7 Å². The fraction of sp³-hybridized carbons (Fsp3) is 0.143. The lowest BCUT2D eigenvalue weighted by molar-refractivity contribution is -0.384. The van der Waals surface area contributed by atoms with Crippen LogP contribution in [0.1, 0.15) is 0 Å². The normalized spacial score (nSPS) is 9.69. The van der Waals surface area contributed by atoms with Gasteiger partial charge in [-0.3, -0.25) is 10.1 Å². The molecule has 0 fully saturated rings. The Morgan fingerprint density at radius 3 is 2.69 bits per heavy atom. The zero-order valence-electron chi connectivity index (χ0n) is 6.78. The molecule has 0 saturated carbocycles. The number of benzene rings is 1. The van der Waals surface area contributed by atoms with Gasteiger partial charge in [0.15, 0.2) is 5.75 Å². The van der Waals surface area contributed by atoms with Crippen molar-refractivity contribution in [2.24, 2.45) is 0 Å². The summed E-state index contributed by atoms with van der Waals surface area (Å²) in [5.41, 5.74) is 5.35. The SMILES string of the molecule is COc1ccc(Br)c(N)c1[N+](=O)[O-]. The van der Waals surface area contributed by atoms with Crippen LogP contribution in [-0.4, -0.2) is 12.0 Å². The Bertz CT molecular complexity index is 354. The first kappa shape index (κ1) is 9.79. The molecule has 0 atom stereocenters. The Balaban J connectivity index is 3.41. The molecule has 0 aromatic heterocycles. The topological polar surface area (TPSA) is 78.4 Å². The van der Waals surface area contributed by atoms with Crippen LogP contribution in [0.2, 0.25) is 0 Å². The molecule has 0 spiro atoms. The average Bonchev–Trinajstić information content (AvgIpc) is 2.08. The lowest BCUT2D eigenvalue weighted by Gasteiger charge is -2.04. The van der Waals surface area contributed by atoms with Gasteiger partial charge in [0.1, 0.15) is 5.69 Å². The highest BCUT2D eigenvalue weighted by Crippen LogP contribution is 2.37. The Hall–Kier alpha value is -1.30. The van der Waals surface area contributed by atoms with E-state index in [0.29, 0.717) is 4.47 Å². The van der Waals surface area contributed by atoms with E-state index >= 15 is 0 Å². The third kappa shape index (κ3) is 1.72. The van der Waals surface area contributed by atoms with Crippen LogP contribution in [0.25, 0.3) is 0 Å². The van der Waals surface area contributed by atoms with Crippen LogP contribution in [-0.2, 0) is 0 Å². The second-order valence-electron chi connectivity index (χ2n) is 2.27. The molecule has 5 nitrogen and oxygen atoms in total. The number of nitrogen functional groups attached to an aromatic ring is 1. The molecule has 0 aliphatic heterocycles. The van der Waals surface area contributed by atoms with Crippen LogP contribution in [0.3, 0.4) is 0 Å². The van der Waals surface area contributed by atoms with E-state index in [-0.39, 0.29) is 17.1 Å². The number of anilines is 1. The van der Waals surface area contributed by atoms with Gasteiger partial charge >= 0.3 is 5.69 Å². The van der Waals surface area contributed by atoms with E-state index in [2.05, 4.69) is 15.9 Å². The van der Waals surface area contributed by atoms with E-state index in [1.54, 1.807) is 6.07 Å². The van der Waals surface area contributed by atoms with Gasteiger partial charge < -0.3 is 10.5 Å². The van der Waals surface area contributed by atoms with Crippen molar-refractivity contribution in [1.82, 2.24) is 0 Å². The lowest BCUT2D eigenvalue weighted by atomic mass is 10.2. The summed E-state index contributed by atoms with van der Waals surface area (Å²) in [7, 11) is 1.36. The van der Waals surface area contributed by atoms with Crippen molar-refractivity contribution in [3.63, 3.8) is 0 Å². The van der Waals surface area contributed by atoms with Gasteiger partial charge in [0.05, 0.1) is 12.0 Å². The molecule has 2 N–H and O–H groups in total. The average molecular weight is 247 g/mol. The largest absolute Gasteiger partial charge is 0.490 e. The number of rotatable bonds is 2. The van der Waals surface area contributed by atoms with Gasteiger partial charge in [-0.2, -0.15) is 0 Å². The molecule has 0 heterocycles. The Morgan fingerprint density at radius 1 is 1.62 bits per heavy atom. The van der Waals surface area contributed by atoms with E-state index in [0.717, 1.165) is 0 Å². The van der Waals surface area contributed by atoms with Gasteiger partial charge in [-0.1, -0.05) is 0 Å². The summed E-state index contributed by atoms with van der Waals surface area (Å²) in [4.78, 5) is 10.0. The van der Waals surface area contributed by atoms with Crippen LogP contribution in [0.5, 0.6) is 5.75 Å². The third-order valence-corrected chi connectivity index (χ3v) is 2.22. The van der Waals surface area contributed by atoms with Crippen LogP contribution in [0.15, 0.2) is 16.6 Å². The molecule has 0 saturated heterocycles. The molecule has 6 heteroatoms. The van der Waals surface area contributed by atoms with Crippen molar-refractivity contribution in [1.29, 1.82) is 0 Å². The second-order valence-corrected chi connectivity index (χ2v) is 3.12. The van der Waals surface area contributed by atoms with E-state index < -0.39 is 4.92 Å². The molecular weight excluding hydrogens is 240 g/mol. The highest BCUT2D eigenvalue weighted by Gasteiger charge is 2.20. The first-order valence-electron chi connectivity index (χ1n) is 3.34. The van der Waals surface area contributed by atoms with Gasteiger partial charge in [-0.05, 0) is 28.1 Å². The Kier molecular flexibility index (Phi) is 2.72.